The molecule has 56 valence electrons. The normalized spacial score (nSPS) is 10.2. The van der Waals surface area contributed by atoms with Crippen molar-refractivity contribution in [2.45, 2.75) is 0 Å². The molecule has 0 spiro atoms. The molecule has 11 heavy (non-hydrogen) atoms. The molecule has 2 N–H and O–H groups in total. The summed E-state index contributed by atoms with van der Waals surface area (Å²) in [5.41, 5.74) is -0.157. The Morgan fingerprint density at radius 2 is 2.36 bits per heavy atom. The largest absolute Gasteiger partial charge is 0.281 e. The van der Waals surface area contributed by atoms with Gasteiger partial charge in [0.1, 0.15) is 0 Å². The molecule has 0 amide bonds. The van der Waals surface area contributed by atoms with Gasteiger partial charge in [-0.3, -0.25) is 15.0 Å². The third-order valence-electron chi connectivity index (χ3n) is 1.33. The predicted octanol–water partition coefficient (Wildman–Crippen LogP) is -0.111. The maximum Gasteiger partial charge on any atom is 0.266 e. The molecule has 2 rings (SSSR count). The van der Waals surface area contributed by atoms with Crippen LogP contribution in [0.15, 0.2) is 29.3 Å². The summed E-state index contributed by atoms with van der Waals surface area (Å²) in [6.45, 7) is 0. The zero-order valence-electron chi connectivity index (χ0n) is 5.61. The molecule has 0 saturated carbocycles. The Labute approximate surface area is 61.7 Å². The highest BCUT2D eigenvalue weighted by atomic mass is 16.1. The SMILES string of the molecule is O=c1cc(-n2cccn2)[nH][nH]1. The van der Waals surface area contributed by atoms with Gasteiger partial charge in [0.05, 0.1) is 0 Å². The molecule has 0 aromatic carbocycles. The molecule has 0 bridgehead atoms. The molecule has 2 heterocycles. The molecule has 0 aliphatic rings. The Kier molecular flexibility index (Phi) is 1.15. The van der Waals surface area contributed by atoms with E-state index in [-0.39, 0.29) is 5.56 Å². The van der Waals surface area contributed by atoms with Crippen LogP contribution in [-0.4, -0.2) is 20.0 Å². The zero-order valence-corrected chi connectivity index (χ0v) is 5.61. The van der Waals surface area contributed by atoms with Crippen LogP contribution >= 0.6 is 0 Å². The van der Waals surface area contributed by atoms with Gasteiger partial charge in [-0.15, -0.1) is 0 Å². The summed E-state index contributed by atoms with van der Waals surface area (Å²) in [6.07, 6.45) is 3.39. The van der Waals surface area contributed by atoms with Crippen LogP contribution in [0.1, 0.15) is 0 Å². The minimum Gasteiger partial charge on any atom is -0.281 e. The van der Waals surface area contributed by atoms with E-state index >= 15 is 0 Å². The van der Waals surface area contributed by atoms with E-state index in [0.717, 1.165) is 0 Å². The summed E-state index contributed by atoms with van der Waals surface area (Å²) in [5.74, 6) is 0.639. The molecule has 0 atom stereocenters. The summed E-state index contributed by atoms with van der Waals surface area (Å²) in [7, 11) is 0. The third-order valence-corrected chi connectivity index (χ3v) is 1.33. The van der Waals surface area contributed by atoms with E-state index in [1.165, 1.54) is 6.07 Å². The Hall–Kier alpha value is -1.78. The molecule has 0 radical (unpaired) electrons. The topological polar surface area (TPSA) is 66.5 Å². The first kappa shape index (κ1) is 5.96. The first-order valence-electron chi connectivity index (χ1n) is 3.14. The van der Waals surface area contributed by atoms with Crippen molar-refractivity contribution in [3.8, 4) is 5.82 Å². The quantitative estimate of drug-likeness (QED) is 0.595. The Bertz CT molecular complexity index is 383. The van der Waals surface area contributed by atoms with Crippen molar-refractivity contribution in [2.24, 2.45) is 0 Å². The van der Waals surface area contributed by atoms with Gasteiger partial charge in [0.15, 0.2) is 5.82 Å². The highest BCUT2D eigenvalue weighted by Crippen LogP contribution is 1.94. The van der Waals surface area contributed by atoms with Crippen LogP contribution in [0.25, 0.3) is 5.82 Å². The van der Waals surface area contributed by atoms with Gasteiger partial charge in [0, 0.05) is 18.5 Å². The smallest absolute Gasteiger partial charge is 0.266 e. The van der Waals surface area contributed by atoms with Gasteiger partial charge < -0.3 is 0 Å². The molecule has 5 nitrogen and oxygen atoms in total. The number of rotatable bonds is 1. The van der Waals surface area contributed by atoms with Crippen molar-refractivity contribution in [3.05, 3.63) is 34.9 Å². The number of H-pyrrole nitrogens is 2. The molecule has 2 aromatic heterocycles. The summed E-state index contributed by atoms with van der Waals surface area (Å²) < 4.78 is 1.57. The van der Waals surface area contributed by atoms with Crippen LogP contribution in [0.3, 0.4) is 0 Å². The third kappa shape index (κ3) is 0.958. The lowest BCUT2D eigenvalue weighted by Crippen LogP contribution is -1.94. The zero-order chi connectivity index (χ0) is 7.68. The van der Waals surface area contributed by atoms with E-state index in [1.54, 1.807) is 23.1 Å². The fourth-order valence-electron chi connectivity index (χ4n) is 0.857. The van der Waals surface area contributed by atoms with Crippen molar-refractivity contribution >= 4 is 0 Å². The van der Waals surface area contributed by atoms with Crippen LogP contribution in [0.4, 0.5) is 0 Å². The lowest BCUT2D eigenvalue weighted by atomic mass is 10.6. The van der Waals surface area contributed by atoms with Gasteiger partial charge in [0.2, 0.25) is 0 Å². The van der Waals surface area contributed by atoms with Gasteiger partial charge >= 0.3 is 0 Å². The Balaban J connectivity index is 2.53. The van der Waals surface area contributed by atoms with Crippen LogP contribution in [-0.2, 0) is 0 Å². The monoisotopic (exact) mass is 150 g/mol. The van der Waals surface area contributed by atoms with Crippen LogP contribution in [0.2, 0.25) is 0 Å². The van der Waals surface area contributed by atoms with Crippen LogP contribution in [0, 0.1) is 0 Å². The second-order valence-corrected chi connectivity index (χ2v) is 2.09. The van der Waals surface area contributed by atoms with Crippen molar-refractivity contribution < 1.29 is 0 Å². The highest BCUT2D eigenvalue weighted by molar-refractivity contribution is 5.16. The number of nitrogens with zero attached hydrogens (tertiary/aromatic N) is 2. The maximum absolute atomic E-state index is 10.7. The Morgan fingerprint density at radius 3 is 2.91 bits per heavy atom. The molecule has 0 saturated heterocycles. The fourth-order valence-corrected chi connectivity index (χ4v) is 0.857. The highest BCUT2D eigenvalue weighted by Gasteiger charge is 1.96. The predicted molar refractivity (Wildman–Crippen MR) is 38.5 cm³/mol. The second kappa shape index (κ2) is 2.12. The molecule has 2 aromatic rings. The van der Waals surface area contributed by atoms with Crippen LogP contribution in [0.5, 0.6) is 0 Å². The minimum atomic E-state index is -0.157. The number of hydrogen-bond donors (Lipinski definition) is 2. The standard InChI is InChI=1S/C6H6N4O/c11-6-4-5(8-9-6)10-3-1-2-7-10/h1-4H,(H2,8,9,11). The minimum absolute atomic E-state index is 0.157. The van der Waals surface area contributed by atoms with Gasteiger partial charge in [-0.1, -0.05) is 0 Å². The summed E-state index contributed by atoms with van der Waals surface area (Å²) in [4.78, 5) is 10.7. The van der Waals surface area contributed by atoms with E-state index < -0.39 is 0 Å². The van der Waals surface area contributed by atoms with Gasteiger partial charge in [-0.25, -0.2) is 4.68 Å². The number of aromatic amines is 2. The molecule has 0 fully saturated rings. The average Bonchev–Trinajstić information content (AvgIpc) is 2.55. The summed E-state index contributed by atoms with van der Waals surface area (Å²) in [5, 5.41) is 9.01. The lowest BCUT2D eigenvalue weighted by Gasteiger charge is -1.91. The molecular weight excluding hydrogens is 144 g/mol. The van der Waals surface area contributed by atoms with Crippen molar-refractivity contribution in [2.75, 3.05) is 0 Å². The fraction of sp³-hybridized carbons (Fsp3) is 0. The maximum atomic E-state index is 10.7. The molecule has 0 aliphatic heterocycles. The first-order chi connectivity index (χ1) is 5.36. The van der Waals surface area contributed by atoms with Crippen LogP contribution < -0.4 is 5.56 Å². The first-order valence-corrected chi connectivity index (χ1v) is 3.14. The van der Waals surface area contributed by atoms with Crippen molar-refractivity contribution in [3.63, 3.8) is 0 Å². The lowest BCUT2D eigenvalue weighted by molar-refractivity contribution is 0.835. The summed E-state index contributed by atoms with van der Waals surface area (Å²) >= 11 is 0. The molecule has 0 aliphatic carbocycles. The summed E-state index contributed by atoms with van der Waals surface area (Å²) in [6, 6.07) is 3.22. The van der Waals surface area contributed by atoms with Gasteiger partial charge in [-0.2, -0.15) is 5.10 Å². The Morgan fingerprint density at radius 1 is 1.45 bits per heavy atom. The molecule has 0 unspecified atom stereocenters. The second-order valence-electron chi connectivity index (χ2n) is 2.09. The van der Waals surface area contributed by atoms with E-state index in [2.05, 4.69) is 15.3 Å². The molecule has 5 heteroatoms. The van der Waals surface area contributed by atoms with Gasteiger partial charge in [-0.05, 0) is 6.07 Å². The van der Waals surface area contributed by atoms with Crippen molar-refractivity contribution in [1.82, 2.24) is 20.0 Å². The van der Waals surface area contributed by atoms with E-state index in [0.29, 0.717) is 5.82 Å². The van der Waals surface area contributed by atoms with E-state index in [9.17, 15) is 4.79 Å². The van der Waals surface area contributed by atoms with E-state index in [1.807, 2.05) is 0 Å². The van der Waals surface area contributed by atoms with Crippen molar-refractivity contribution in [1.29, 1.82) is 0 Å². The number of aromatic nitrogens is 4. The van der Waals surface area contributed by atoms with Gasteiger partial charge in [0.25, 0.3) is 5.56 Å². The molecular formula is C6H6N4O. The average molecular weight is 150 g/mol. The van der Waals surface area contributed by atoms with E-state index in [4.69, 9.17) is 0 Å². The number of nitrogens with one attached hydrogen (secondary N) is 2. The number of hydrogen-bond acceptors (Lipinski definition) is 2.